The van der Waals surface area contributed by atoms with E-state index in [1.165, 1.54) is 5.56 Å². The second-order valence-electron chi connectivity index (χ2n) is 10.6. The summed E-state index contributed by atoms with van der Waals surface area (Å²) >= 11 is 0. The molecule has 160 valence electrons. The van der Waals surface area contributed by atoms with Crippen LogP contribution < -0.4 is 0 Å². The van der Waals surface area contributed by atoms with Crippen LogP contribution in [0.25, 0.3) is 0 Å². The van der Waals surface area contributed by atoms with Crippen LogP contribution in [0.15, 0.2) is 42.5 Å². The molecule has 29 heavy (non-hydrogen) atoms. The summed E-state index contributed by atoms with van der Waals surface area (Å²) in [5.74, 6) is -0.519. The predicted octanol–water partition coefficient (Wildman–Crippen LogP) is 5.80. The van der Waals surface area contributed by atoms with Gasteiger partial charge >= 0.3 is 0 Å². The van der Waals surface area contributed by atoms with E-state index in [1.54, 1.807) is 0 Å². The van der Waals surface area contributed by atoms with E-state index in [2.05, 4.69) is 76.1 Å². The highest BCUT2D eigenvalue weighted by Crippen LogP contribution is 2.51. The van der Waals surface area contributed by atoms with E-state index in [1.807, 2.05) is 6.07 Å². The fourth-order valence-electron chi connectivity index (χ4n) is 5.63. The molecule has 4 rings (SSSR count). The topological polar surface area (TPSA) is 30.9 Å². The van der Waals surface area contributed by atoms with E-state index < -0.39 is 5.79 Å². The van der Waals surface area contributed by atoms with Gasteiger partial charge in [-0.05, 0) is 59.4 Å². The molecule has 3 aliphatic rings. The minimum atomic E-state index is -0.519. The van der Waals surface area contributed by atoms with Crippen molar-refractivity contribution < 1.29 is 14.3 Å². The Kier molecular flexibility index (Phi) is 5.44. The summed E-state index contributed by atoms with van der Waals surface area (Å²) in [6.07, 6.45) is 9.54. The van der Waals surface area contributed by atoms with E-state index in [9.17, 15) is 0 Å². The van der Waals surface area contributed by atoms with E-state index in [-0.39, 0.29) is 22.6 Å². The maximum Gasteiger partial charge on any atom is 0.171 e. The van der Waals surface area contributed by atoms with E-state index in [0.29, 0.717) is 0 Å². The molecule has 0 aromatic heterocycles. The van der Waals surface area contributed by atoms with Gasteiger partial charge in [0, 0.05) is 29.3 Å². The van der Waals surface area contributed by atoms with Gasteiger partial charge in [-0.15, -0.1) is 0 Å². The maximum absolute atomic E-state index is 6.57. The van der Waals surface area contributed by atoms with Gasteiger partial charge < -0.3 is 9.47 Å². The van der Waals surface area contributed by atoms with Crippen LogP contribution in [-0.2, 0) is 14.3 Å². The number of hydrogen-bond acceptors (Lipinski definition) is 4. The second kappa shape index (κ2) is 7.49. The molecule has 2 saturated heterocycles. The molecule has 2 aliphatic heterocycles. The third-order valence-electron chi connectivity index (χ3n) is 6.88. The van der Waals surface area contributed by atoms with Crippen molar-refractivity contribution in [2.45, 2.75) is 89.7 Å². The molecule has 0 amide bonds. The van der Waals surface area contributed by atoms with E-state index in [4.69, 9.17) is 14.3 Å². The van der Waals surface area contributed by atoms with E-state index in [0.717, 1.165) is 45.3 Å². The third kappa shape index (κ3) is 4.18. The monoisotopic (exact) mass is 399 g/mol. The average molecular weight is 400 g/mol. The highest BCUT2D eigenvalue weighted by atomic mass is 16.7. The highest BCUT2D eigenvalue weighted by Gasteiger charge is 2.57. The normalized spacial score (nSPS) is 28.4. The summed E-state index contributed by atoms with van der Waals surface area (Å²) in [6.45, 7) is 12.7. The van der Waals surface area contributed by atoms with Crippen LogP contribution in [0, 0.1) is 5.41 Å². The first-order valence-corrected chi connectivity index (χ1v) is 11.1. The summed E-state index contributed by atoms with van der Waals surface area (Å²) in [6, 6.07) is 10.4. The minimum Gasteiger partial charge on any atom is -0.349 e. The quantitative estimate of drug-likeness (QED) is 0.601. The predicted molar refractivity (Wildman–Crippen MR) is 115 cm³/mol. The number of allylic oxidation sites excluding steroid dienone is 2. The number of hydroxylamine groups is 2. The van der Waals surface area contributed by atoms with Crippen molar-refractivity contribution in [3.8, 4) is 0 Å². The van der Waals surface area contributed by atoms with Crippen LogP contribution in [0.5, 0.6) is 0 Å². The number of rotatable bonds is 3. The molecular weight excluding hydrogens is 362 g/mol. The second-order valence-corrected chi connectivity index (χ2v) is 10.6. The molecule has 1 aromatic rings. The molecule has 1 unspecified atom stereocenters. The first-order valence-electron chi connectivity index (χ1n) is 11.1. The lowest BCUT2D eigenvalue weighted by Gasteiger charge is -2.60. The highest BCUT2D eigenvalue weighted by molar-refractivity contribution is 5.17. The first-order chi connectivity index (χ1) is 13.7. The lowest BCUT2D eigenvalue weighted by Crippen LogP contribution is -2.68. The summed E-state index contributed by atoms with van der Waals surface area (Å²) in [5, 5.41) is 2.20. The number of benzene rings is 1. The zero-order valence-corrected chi connectivity index (χ0v) is 18.7. The molecule has 0 radical (unpaired) electrons. The molecule has 4 heteroatoms. The lowest BCUT2D eigenvalue weighted by molar-refractivity contribution is -0.390. The Morgan fingerprint density at radius 2 is 1.55 bits per heavy atom. The van der Waals surface area contributed by atoms with Gasteiger partial charge in [0.05, 0.1) is 13.2 Å². The molecule has 0 N–H and O–H groups in total. The number of nitrogens with zero attached hydrogens (tertiary/aromatic N) is 1. The van der Waals surface area contributed by atoms with Crippen LogP contribution in [0.3, 0.4) is 0 Å². The van der Waals surface area contributed by atoms with Crippen LogP contribution in [0.4, 0.5) is 0 Å². The van der Waals surface area contributed by atoms with Crippen LogP contribution in [0.2, 0.25) is 0 Å². The SMILES string of the molecule is CC(ON1C(C)(C)CC2(CC1(C)C)OCC1(CC=CCC1)CO2)c1ccccc1. The first kappa shape index (κ1) is 21.0. The van der Waals surface area contributed by atoms with Gasteiger partial charge in [-0.25, -0.2) is 0 Å². The van der Waals surface area contributed by atoms with Crippen molar-refractivity contribution in [3.05, 3.63) is 48.0 Å². The standard InChI is InChI=1S/C25H37NO3/c1-20(21-12-8-6-9-13-21)29-26-22(2,3)16-25(17-23(26,4)5)27-18-24(19-28-25)14-10-7-11-15-24/h6-10,12-13,20H,11,14-19H2,1-5H3. The molecule has 2 spiro atoms. The van der Waals surface area contributed by atoms with Crippen molar-refractivity contribution in [2.24, 2.45) is 5.41 Å². The van der Waals surface area contributed by atoms with Gasteiger partial charge in [0.2, 0.25) is 0 Å². The molecule has 2 fully saturated rings. The smallest absolute Gasteiger partial charge is 0.171 e. The molecular formula is C25H37NO3. The molecule has 4 nitrogen and oxygen atoms in total. The Labute approximate surface area is 176 Å². The van der Waals surface area contributed by atoms with Crippen molar-refractivity contribution in [3.63, 3.8) is 0 Å². The van der Waals surface area contributed by atoms with Crippen LogP contribution >= 0.6 is 0 Å². The average Bonchev–Trinajstić information content (AvgIpc) is 2.68. The fraction of sp³-hybridized carbons (Fsp3) is 0.680. The van der Waals surface area contributed by atoms with Crippen molar-refractivity contribution in [1.82, 2.24) is 5.06 Å². The molecule has 2 heterocycles. The minimum absolute atomic E-state index is 0.00529. The van der Waals surface area contributed by atoms with Gasteiger partial charge in [0.25, 0.3) is 0 Å². The molecule has 0 bridgehead atoms. The number of hydrogen-bond donors (Lipinski definition) is 0. The summed E-state index contributed by atoms with van der Waals surface area (Å²) in [4.78, 5) is 6.56. The third-order valence-corrected chi connectivity index (χ3v) is 6.88. The van der Waals surface area contributed by atoms with Gasteiger partial charge in [0.15, 0.2) is 5.79 Å². The maximum atomic E-state index is 6.57. The molecule has 1 atom stereocenters. The van der Waals surface area contributed by atoms with Crippen molar-refractivity contribution in [2.75, 3.05) is 13.2 Å². The van der Waals surface area contributed by atoms with Gasteiger partial charge in [-0.3, -0.25) is 4.84 Å². The van der Waals surface area contributed by atoms with Gasteiger partial charge in [-0.2, -0.15) is 5.06 Å². The van der Waals surface area contributed by atoms with E-state index >= 15 is 0 Å². The Bertz CT molecular complexity index is 712. The largest absolute Gasteiger partial charge is 0.349 e. The summed E-state index contributed by atoms with van der Waals surface area (Å²) in [7, 11) is 0. The summed E-state index contributed by atoms with van der Waals surface area (Å²) in [5.41, 5.74) is 0.949. The zero-order chi connectivity index (χ0) is 20.8. The Hall–Kier alpha value is -1.20. The molecule has 1 aliphatic carbocycles. The van der Waals surface area contributed by atoms with Crippen LogP contribution in [-0.4, -0.2) is 35.1 Å². The number of piperidine rings is 1. The lowest BCUT2D eigenvalue weighted by atomic mass is 9.74. The van der Waals surface area contributed by atoms with Crippen LogP contribution in [0.1, 0.15) is 78.4 Å². The van der Waals surface area contributed by atoms with Crippen molar-refractivity contribution in [1.29, 1.82) is 0 Å². The Morgan fingerprint density at radius 1 is 0.931 bits per heavy atom. The zero-order valence-electron chi connectivity index (χ0n) is 18.7. The van der Waals surface area contributed by atoms with Gasteiger partial charge in [0.1, 0.15) is 6.10 Å². The van der Waals surface area contributed by atoms with Crippen molar-refractivity contribution >= 4 is 0 Å². The summed E-state index contributed by atoms with van der Waals surface area (Å²) < 4.78 is 13.1. The fourth-order valence-corrected chi connectivity index (χ4v) is 5.63. The Morgan fingerprint density at radius 3 is 2.10 bits per heavy atom. The van der Waals surface area contributed by atoms with Gasteiger partial charge in [-0.1, -0.05) is 42.5 Å². The molecule has 1 aromatic carbocycles. The molecule has 0 saturated carbocycles. The Balaban J connectivity index is 1.49. The number of ether oxygens (including phenoxy) is 2.